The Morgan fingerprint density at radius 1 is 1.38 bits per heavy atom. The third-order valence-corrected chi connectivity index (χ3v) is 3.84. The van der Waals surface area contributed by atoms with Crippen molar-refractivity contribution in [2.75, 3.05) is 32.7 Å². The molecule has 0 spiro atoms. The Balaban J connectivity index is 1.86. The van der Waals surface area contributed by atoms with Crippen LogP contribution in [0.4, 0.5) is 0 Å². The molecule has 0 saturated carbocycles. The molecule has 3 heterocycles. The molecule has 3 N–H and O–H groups in total. The highest BCUT2D eigenvalue weighted by atomic mass is 15.4. The fraction of sp³-hybridized carbons (Fsp3) is 0.833. The first-order chi connectivity index (χ1) is 7.85. The van der Waals surface area contributed by atoms with Gasteiger partial charge in [0.05, 0.1) is 0 Å². The Morgan fingerprint density at radius 3 is 2.62 bits per heavy atom. The SMILES string of the molecule is C#CCCCC(NN)C1CN2CCN1CC2. The average molecular weight is 222 g/mol. The van der Waals surface area contributed by atoms with Crippen molar-refractivity contribution in [3.05, 3.63) is 0 Å². The second-order valence-corrected chi connectivity index (χ2v) is 4.77. The molecule has 3 aliphatic heterocycles. The van der Waals surface area contributed by atoms with Crippen molar-refractivity contribution in [3.63, 3.8) is 0 Å². The summed E-state index contributed by atoms with van der Waals surface area (Å²) in [5, 5.41) is 0. The van der Waals surface area contributed by atoms with Gasteiger partial charge in [-0.15, -0.1) is 12.3 Å². The number of rotatable bonds is 5. The van der Waals surface area contributed by atoms with Crippen LogP contribution in [0.25, 0.3) is 0 Å². The maximum Gasteiger partial charge on any atom is 0.0391 e. The monoisotopic (exact) mass is 222 g/mol. The maximum absolute atomic E-state index is 5.67. The summed E-state index contributed by atoms with van der Waals surface area (Å²) in [5.74, 6) is 8.36. The summed E-state index contributed by atoms with van der Waals surface area (Å²) < 4.78 is 0. The Bertz CT molecular complexity index is 252. The van der Waals surface area contributed by atoms with E-state index in [0.29, 0.717) is 12.1 Å². The van der Waals surface area contributed by atoms with Gasteiger partial charge in [-0.1, -0.05) is 0 Å². The number of nitrogens with zero attached hydrogens (tertiary/aromatic N) is 2. The molecule has 0 aliphatic carbocycles. The van der Waals surface area contributed by atoms with Crippen LogP contribution >= 0.6 is 0 Å². The van der Waals surface area contributed by atoms with Gasteiger partial charge in [0.2, 0.25) is 0 Å². The lowest BCUT2D eigenvalue weighted by Gasteiger charge is -2.50. The van der Waals surface area contributed by atoms with Crippen LogP contribution in [0.3, 0.4) is 0 Å². The van der Waals surface area contributed by atoms with E-state index in [1.807, 2.05) is 0 Å². The summed E-state index contributed by atoms with van der Waals surface area (Å²) in [7, 11) is 0. The molecule has 2 atom stereocenters. The highest BCUT2D eigenvalue weighted by Gasteiger charge is 2.35. The third-order valence-electron chi connectivity index (χ3n) is 3.84. The van der Waals surface area contributed by atoms with E-state index in [9.17, 15) is 0 Å². The number of terminal acetylenes is 1. The predicted octanol–water partition coefficient (Wildman–Crippen LogP) is -0.378. The van der Waals surface area contributed by atoms with Crippen molar-refractivity contribution in [1.29, 1.82) is 0 Å². The summed E-state index contributed by atoms with van der Waals surface area (Å²) in [4.78, 5) is 5.11. The van der Waals surface area contributed by atoms with Gasteiger partial charge in [0.1, 0.15) is 0 Å². The van der Waals surface area contributed by atoms with E-state index in [2.05, 4.69) is 21.1 Å². The number of fused-ring (bicyclic) bond motifs is 3. The van der Waals surface area contributed by atoms with Crippen LogP contribution in [0.15, 0.2) is 0 Å². The number of piperazine rings is 3. The quantitative estimate of drug-likeness (QED) is 0.288. The van der Waals surface area contributed by atoms with E-state index in [4.69, 9.17) is 12.3 Å². The summed E-state index contributed by atoms with van der Waals surface area (Å²) >= 11 is 0. The van der Waals surface area contributed by atoms with Gasteiger partial charge in [0.15, 0.2) is 0 Å². The van der Waals surface area contributed by atoms with Crippen molar-refractivity contribution in [3.8, 4) is 12.3 Å². The fourth-order valence-corrected chi connectivity index (χ4v) is 2.85. The molecular formula is C12H22N4. The van der Waals surface area contributed by atoms with E-state index >= 15 is 0 Å². The van der Waals surface area contributed by atoms with Gasteiger partial charge in [-0.25, -0.2) is 0 Å². The molecule has 2 bridgehead atoms. The number of hydrogen-bond donors (Lipinski definition) is 2. The largest absolute Gasteiger partial charge is 0.299 e. The molecule has 3 saturated heterocycles. The first-order valence-corrected chi connectivity index (χ1v) is 6.21. The zero-order chi connectivity index (χ0) is 11.4. The molecule has 3 fully saturated rings. The predicted molar refractivity (Wildman–Crippen MR) is 65.6 cm³/mol. The van der Waals surface area contributed by atoms with Crippen molar-refractivity contribution < 1.29 is 0 Å². The lowest BCUT2D eigenvalue weighted by molar-refractivity contribution is -0.00470. The van der Waals surface area contributed by atoms with Crippen LogP contribution in [0.2, 0.25) is 0 Å². The number of unbranched alkanes of at least 4 members (excludes halogenated alkanes) is 1. The lowest BCUT2D eigenvalue weighted by Crippen LogP contribution is -2.67. The van der Waals surface area contributed by atoms with Crippen molar-refractivity contribution in [2.24, 2.45) is 5.84 Å². The zero-order valence-electron chi connectivity index (χ0n) is 9.86. The minimum atomic E-state index is 0.386. The van der Waals surface area contributed by atoms with Crippen LogP contribution < -0.4 is 11.3 Å². The van der Waals surface area contributed by atoms with Crippen molar-refractivity contribution in [1.82, 2.24) is 15.2 Å². The first kappa shape index (κ1) is 11.9. The third kappa shape index (κ3) is 2.55. The molecule has 16 heavy (non-hydrogen) atoms. The molecule has 4 heteroatoms. The van der Waals surface area contributed by atoms with Gasteiger partial charge in [-0.2, -0.15) is 0 Å². The van der Waals surface area contributed by atoms with Crippen LogP contribution in [0, 0.1) is 12.3 Å². The average Bonchev–Trinajstić information content (AvgIpc) is 2.36. The van der Waals surface area contributed by atoms with Gasteiger partial charge in [-0.3, -0.25) is 21.1 Å². The summed E-state index contributed by atoms with van der Waals surface area (Å²) in [6.07, 6.45) is 8.27. The van der Waals surface area contributed by atoms with Gasteiger partial charge in [-0.05, 0) is 12.8 Å². The molecule has 2 unspecified atom stereocenters. The van der Waals surface area contributed by atoms with Crippen LogP contribution in [-0.4, -0.2) is 54.6 Å². The standard InChI is InChI=1S/C12H22N4/c1-2-3-4-5-11(14-13)12-10-15-6-8-16(12)9-7-15/h1,11-12,14H,3-10,13H2. The molecule has 0 aromatic rings. The van der Waals surface area contributed by atoms with Gasteiger partial charge in [0, 0.05) is 51.2 Å². The van der Waals surface area contributed by atoms with E-state index < -0.39 is 0 Å². The molecular weight excluding hydrogens is 200 g/mol. The molecule has 90 valence electrons. The summed E-state index contributed by atoms with van der Waals surface area (Å²) in [6.45, 7) is 5.98. The Hall–Kier alpha value is -0.600. The van der Waals surface area contributed by atoms with E-state index in [1.54, 1.807) is 0 Å². The minimum Gasteiger partial charge on any atom is -0.299 e. The topological polar surface area (TPSA) is 44.5 Å². The zero-order valence-corrected chi connectivity index (χ0v) is 9.86. The molecule has 0 aromatic carbocycles. The second-order valence-electron chi connectivity index (χ2n) is 4.77. The number of nitrogens with one attached hydrogen (secondary N) is 1. The first-order valence-electron chi connectivity index (χ1n) is 6.21. The second kappa shape index (κ2) is 5.65. The molecule has 4 nitrogen and oxygen atoms in total. The van der Waals surface area contributed by atoms with E-state index in [1.165, 1.54) is 26.2 Å². The summed E-state index contributed by atoms with van der Waals surface area (Å²) in [5.41, 5.74) is 2.98. The maximum atomic E-state index is 5.67. The van der Waals surface area contributed by atoms with E-state index in [-0.39, 0.29) is 0 Å². The highest BCUT2D eigenvalue weighted by Crippen LogP contribution is 2.20. The van der Waals surface area contributed by atoms with Crippen LogP contribution in [-0.2, 0) is 0 Å². The number of nitrogens with two attached hydrogens (primary N) is 1. The molecule has 3 rings (SSSR count). The normalized spacial score (nSPS) is 34.6. The van der Waals surface area contributed by atoms with Gasteiger partial charge >= 0.3 is 0 Å². The molecule has 0 amide bonds. The van der Waals surface area contributed by atoms with Crippen molar-refractivity contribution in [2.45, 2.75) is 31.3 Å². The minimum absolute atomic E-state index is 0.386. The molecule has 0 aromatic heterocycles. The fourth-order valence-electron chi connectivity index (χ4n) is 2.85. The Labute approximate surface area is 98.1 Å². The summed E-state index contributed by atoms with van der Waals surface area (Å²) in [6, 6.07) is 0.960. The van der Waals surface area contributed by atoms with Gasteiger partial charge < -0.3 is 0 Å². The number of hydrazine groups is 1. The lowest BCUT2D eigenvalue weighted by atomic mass is 9.96. The van der Waals surface area contributed by atoms with Crippen LogP contribution in [0.5, 0.6) is 0 Å². The smallest absolute Gasteiger partial charge is 0.0391 e. The van der Waals surface area contributed by atoms with Gasteiger partial charge in [0.25, 0.3) is 0 Å². The van der Waals surface area contributed by atoms with E-state index in [0.717, 1.165) is 25.8 Å². The number of hydrogen-bond acceptors (Lipinski definition) is 4. The van der Waals surface area contributed by atoms with Crippen molar-refractivity contribution >= 4 is 0 Å². The highest BCUT2D eigenvalue weighted by molar-refractivity contribution is 4.94. The molecule has 0 radical (unpaired) electrons. The Kier molecular flexibility index (Phi) is 4.19. The molecule has 3 aliphatic rings. The Morgan fingerprint density at radius 2 is 2.12 bits per heavy atom. The van der Waals surface area contributed by atoms with Crippen LogP contribution in [0.1, 0.15) is 19.3 Å².